The molecule has 31 heavy (non-hydrogen) atoms. The number of amides is 2. The van der Waals surface area contributed by atoms with Crippen molar-refractivity contribution < 1.29 is 9.59 Å². The molecule has 0 aromatic carbocycles. The first-order valence-corrected chi connectivity index (χ1v) is 11.4. The second kappa shape index (κ2) is 8.02. The molecular weight excluding hydrogens is 390 g/mol. The zero-order chi connectivity index (χ0) is 21.4. The summed E-state index contributed by atoms with van der Waals surface area (Å²) in [6.45, 7) is 3.13. The van der Waals surface area contributed by atoms with Crippen molar-refractivity contribution in [3.63, 3.8) is 0 Å². The largest absolute Gasteiger partial charge is 0.337 e. The van der Waals surface area contributed by atoms with Crippen LogP contribution in [-0.4, -0.2) is 55.7 Å². The average molecular weight is 420 g/mol. The number of carbonyl (C=O) groups excluding carboxylic acids is 2. The molecule has 1 spiro atoms. The summed E-state index contributed by atoms with van der Waals surface area (Å²) in [5.74, 6) is 0.249. The molecule has 0 bridgehead atoms. The third-order valence-electron chi connectivity index (χ3n) is 7.37. The highest BCUT2D eigenvalue weighted by Crippen LogP contribution is 2.59. The van der Waals surface area contributed by atoms with E-state index in [1.807, 2.05) is 24.2 Å². The fourth-order valence-electron chi connectivity index (χ4n) is 5.78. The van der Waals surface area contributed by atoms with E-state index in [0.717, 1.165) is 44.2 Å². The number of hydrogen-bond acceptors (Lipinski definition) is 5. The zero-order valence-electron chi connectivity index (χ0n) is 18.0. The van der Waals surface area contributed by atoms with Crippen LogP contribution in [0.2, 0.25) is 0 Å². The number of aromatic nitrogens is 3. The summed E-state index contributed by atoms with van der Waals surface area (Å²) in [4.78, 5) is 42.9. The molecular formula is C24H29N5O2. The van der Waals surface area contributed by atoms with Crippen LogP contribution in [0.15, 0.2) is 36.9 Å². The van der Waals surface area contributed by atoms with Gasteiger partial charge in [0.05, 0.1) is 23.3 Å². The first kappa shape index (κ1) is 20.1. The van der Waals surface area contributed by atoms with Crippen molar-refractivity contribution in [3.8, 4) is 0 Å². The Morgan fingerprint density at radius 1 is 1.03 bits per heavy atom. The molecule has 0 radical (unpaired) electrons. The lowest BCUT2D eigenvalue weighted by molar-refractivity contribution is -0.186. The molecule has 0 N–H and O–H groups in total. The van der Waals surface area contributed by atoms with E-state index >= 15 is 0 Å². The van der Waals surface area contributed by atoms with E-state index < -0.39 is 0 Å². The summed E-state index contributed by atoms with van der Waals surface area (Å²) in [7, 11) is 0. The highest BCUT2D eigenvalue weighted by molar-refractivity contribution is 5.92. The Balaban J connectivity index is 1.31. The molecule has 1 aliphatic carbocycles. The lowest BCUT2D eigenvalue weighted by atomic mass is 9.59. The summed E-state index contributed by atoms with van der Waals surface area (Å²) >= 11 is 0. The molecule has 1 saturated carbocycles. The number of likely N-dealkylation sites (tertiary alicyclic amines) is 2. The molecule has 2 aromatic heterocycles. The molecule has 1 unspecified atom stereocenters. The van der Waals surface area contributed by atoms with Crippen molar-refractivity contribution in [1.82, 2.24) is 24.8 Å². The topological polar surface area (TPSA) is 79.3 Å². The Labute approximate surface area is 182 Å². The number of carbonyl (C=O) groups is 2. The zero-order valence-corrected chi connectivity index (χ0v) is 18.0. The summed E-state index contributed by atoms with van der Waals surface area (Å²) < 4.78 is 0. The van der Waals surface area contributed by atoms with Gasteiger partial charge in [-0.05, 0) is 50.3 Å². The molecule has 3 fully saturated rings. The van der Waals surface area contributed by atoms with Crippen molar-refractivity contribution in [3.05, 3.63) is 53.9 Å². The lowest BCUT2D eigenvalue weighted by Crippen LogP contribution is -2.67. The van der Waals surface area contributed by atoms with E-state index in [4.69, 9.17) is 0 Å². The maximum absolute atomic E-state index is 13.5. The van der Waals surface area contributed by atoms with Gasteiger partial charge in [-0.15, -0.1) is 0 Å². The minimum Gasteiger partial charge on any atom is -0.337 e. The Kier molecular flexibility index (Phi) is 5.20. The lowest BCUT2D eigenvalue weighted by Gasteiger charge is -2.61. The first-order chi connectivity index (χ1) is 15.1. The second-order valence-corrected chi connectivity index (χ2v) is 9.18. The highest BCUT2D eigenvalue weighted by atomic mass is 16.2. The minimum atomic E-state index is -0.232. The molecule has 3 aliphatic rings. The monoisotopic (exact) mass is 419 g/mol. The maximum atomic E-state index is 13.5. The Morgan fingerprint density at radius 2 is 1.74 bits per heavy atom. The summed E-state index contributed by atoms with van der Waals surface area (Å²) in [6, 6.07) is 4.44. The molecule has 5 rings (SSSR count). The van der Waals surface area contributed by atoms with E-state index in [1.165, 1.54) is 12.0 Å². The molecule has 7 nitrogen and oxygen atoms in total. The van der Waals surface area contributed by atoms with Gasteiger partial charge in [0.1, 0.15) is 5.69 Å². The van der Waals surface area contributed by atoms with E-state index in [2.05, 4.69) is 32.0 Å². The second-order valence-electron chi connectivity index (χ2n) is 9.18. The predicted molar refractivity (Wildman–Crippen MR) is 115 cm³/mol. The van der Waals surface area contributed by atoms with Gasteiger partial charge in [0.25, 0.3) is 5.91 Å². The van der Waals surface area contributed by atoms with Gasteiger partial charge < -0.3 is 9.80 Å². The van der Waals surface area contributed by atoms with Gasteiger partial charge in [0, 0.05) is 37.7 Å². The van der Waals surface area contributed by atoms with Gasteiger partial charge in [-0.1, -0.05) is 19.3 Å². The van der Waals surface area contributed by atoms with Gasteiger partial charge in [-0.2, -0.15) is 0 Å². The molecule has 2 saturated heterocycles. The van der Waals surface area contributed by atoms with Gasteiger partial charge in [-0.3, -0.25) is 19.6 Å². The Bertz CT molecular complexity index is 948. The van der Waals surface area contributed by atoms with Crippen molar-refractivity contribution in [2.75, 3.05) is 13.1 Å². The van der Waals surface area contributed by atoms with E-state index in [9.17, 15) is 9.59 Å². The number of aryl methyl sites for hydroxylation is 1. The molecule has 1 atom stereocenters. The third-order valence-corrected chi connectivity index (χ3v) is 7.37. The quantitative estimate of drug-likeness (QED) is 0.713. The number of piperidine rings is 1. The molecule has 7 heteroatoms. The van der Waals surface area contributed by atoms with Crippen LogP contribution in [0.25, 0.3) is 0 Å². The van der Waals surface area contributed by atoms with E-state index in [0.29, 0.717) is 24.7 Å². The average Bonchev–Trinajstić information content (AvgIpc) is 2.83. The number of β-lactam (4-membered cyclic amide) rings is 1. The van der Waals surface area contributed by atoms with Gasteiger partial charge in [0.2, 0.25) is 5.91 Å². The van der Waals surface area contributed by atoms with Crippen LogP contribution < -0.4 is 0 Å². The van der Waals surface area contributed by atoms with Gasteiger partial charge >= 0.3 is 0 Å². The molecule has 4 heterocycles. The summed E-state index contributed by atoms with van der Waals surface area (Å²) in [5, 5.41) is 0. The standard InChI is InChI=1S/C24H29N5O2/c1-17-15-27-20(16-26-17)22(30)28-13-7-19(8-14-28)29-21(18-5-11-25-12-6-18)24(23(29)31)9-3-2-4-10-24/h5-6,11-12,15-16,19,21H,2-4,7-10,13-14H2,1H3. The smallest absolute Gasteiger partial charge is 0.274 e. The number of rotatable bonds is 3. The molecule has 2 amide bonds. The van der Waals surface area contributed by atoms with Crippen molar-refractivity contribution in [1.29, 1.82) is 0 Å². The summed E-state index contributed by atoms with van der Waals surface area (Å²) in [6.07, 6.45) is 13.9. The fourth-order valence-corrected chi connectivity index (χ4v) is 5.78. The van der Waals surface area contributed by atoms with Crippen LogP contribution in [-0.2, 0) is 4.79 Å². The third kappa shape index (κ3) is 3.40. The normalized spacial score (nSPS) is 23.6. The molecule has 2 aliphatic heterocycles. The van der Waals surface area contributed by atoms with Crippen LogP contribution in [0.3, 0.4) is 0 Å². The van der Waals surface area contributed by atoms with Gasteiger partial charge in [-0.25, -0.2) is 4.98 Å². The SMILES string of the molecule is Cc1cnc(C(=O)N2CCC(N3C(=O)C4(CCCCC4)C3c3ccncc3)CC2)cn1. The molecule has 162 valence electrons. The maximum Gasteiger partial charge on any atom is 0.274 e. The Morgan fingerprint density at radius 3 is 2.39 bits per heavy atom. The van der Waals surface area contributed by atoms with Crippen LogP contribution in [0, 0.1) is 12.3 Å². The van der Waals surface area contributed by atoms with Crippen LogP contribution in [0.4, 0.5) is 0 Å². The minimum absolute atomic E-state index is 0.0738. The first-order valence-electron chi connectivity index (χ1n) is 11.4. The number of pyridine rings is 1. The number of hydrogen-bond donors (Lipinski definition) is 0. The fraction of sp³-hybridized carbons (Fsp3) is 0.542. The van der Waals surface area contributed by atoms with Crippen LogP contribution in [0.5, 0.6) is 0 Å². The Hall–Kier alpha value is -2.83. The van der Waals surface area contributed by atoms with E-state index in [-0.39, 0.29) is 23.4 Å². The van der Waals surface area contributed by atoms with Crippen molar-refractivity contribution in [2.45, 2.75) is 64.0 Å². The van der Waals surface area contributed by atoms with Crippen LogP contribution >= 0.6 is 0 Å². The van der Waals surface area contributed by atoms with Crippen molar-refractivity contribution in [2.24, 2.45) is 5.41 Å². The predicted octanol–water partition coefficient (Wildman–Crippen LogP) is 3.32. The molecule has 2 aromatic rings. The highest BCUT2D eigenvalue weighted by Gasteiger charge is 2.62. The van der Waals surface area contributed by atoms with Crippen LogP contribution in [0.1, 0.15) is 72.7 Å². The number of nitrogens with zero attached hydrogens (tertiary/aromatic N) is 5. The van der Waals surface area contributed by atoms with Gasteiger partial charge in [0.15, 0.2) is 0 Å². The van der Waals surface area contributed by atoms with Crippen molar-refractivity contribution >= 4 is 11.8 Å². The summed E-state index contributed by atoms with van der Waals surface area (Å²) in [5.41, 5.74) is 2.15. The van der Waals surface area contributed by atoms with E-state index in [1.54, 1.807) is 12.4 Å².